The third kappa shape index (κ3) is 5.47. The van der Waals surface area contributed by atoms with E-state index in [0.717, 1.165) is 33.5 Å². The number of thiazole rings is 1. The number of anilines is 2. The van der Waals surface area contributed by atoms with Gasteiger partial charge < -0.3 is 20.1 Å². The van der Waals surface area contributed by atoms with Crippen LogP contribution in [0.1, 0.15) is 41.0 Å². The zero-order chi connectivity index (χ0) is 27.4. The lowest BCUT2D eigenvalue weighted by atomic mass is 9.79. The van der Waals surface area contributed by atoms with Gasteiger partial charge in [0, 0.05) is 42.6 Å². The summed E-state index contributed by atoms with van der Waals surface area (Å²) in [5, 5.41) is 26.1. The van der Waals surface area contributed by atoms with Gasteiger partial charge in [0.15, 0.2) is 5.13 Å². The van der Waals surface area contributed by atoms with Crippen LogP contribution in [0.2, 0.25) is 0 Å². The van der Waals surface area contributed by atoms with Crippen LogP contribution in [0.4, 0.5) is 10.9 Å². The van der Waals surface area contributed by atoms with Crippen LogP contribution >= 0.6 is 11.3 Å². The minimum Gasteiger partial charge on any atom is -0.483 e. The van der Waals surface area contributed by atoms with Gasteiger partial charge in [-0.1, -0.05) is 28.6 Å². The van der Waals surface area contributed by atoms with Gasteiger partial charge in [-0.25, -0.2) is 14.8 Å². The molecule has 38 heavy (non-hydrogen) atoms. The number of aromatic carboxylic acids is 1. The number of benzene rings is 1. The number of rotatable bonds is 7. The van der Waals surface area contributed by atoms with E-state index in [1.165, 1.54) is 0 Å². The first-order valence-electron chi connectivity index (χ1n) is 11.8. The summed E-state index contributed by atoms with van der Waals surface area (Å²) in [5.74, 6) is 0.562. The minimum atomic E-state index is -1.03. The Morgan fingerprint density at radius 3 is 2.58 bits per heavy atom. The van der Waals surface area contributed by atoms with Crippen molar-refractivity contribution in [2.75, 3.05) is 16.8 Å². The largest absolute Gasteiger partial charge is 0.483 e. The van der Waals surface area contributed by atoms with Crippen LogP contribution in [0.25, 0.3) is 22.2 Å². The molecule has 1 amide bonds. The van der Waals surface area contributed by atoms with Crippen LogP contribution in [0.5, 0.6) is 0 Å². The first-order chi connectivity index (χ1) is 18.2. The maximum Gasteiger partial charge on any atom is 0.347 e. The van der Waals surface area contributed by atoms with Crippen LogP contribution in [-0.4, -0.2) is 61.3 Å². The van der Waals surface area contributed by atoms with E-state index in [0.29, 0.717) is 41.9 Å². The van der Waals surface area contributed by atoms with Crippen LogP contribution in [-0.2, 0) is 9.59 Å². The first kappa shape index (κ1) is 26.7. The molecule has 198 valence electrons. The molecule has 1 fully saturated rings. The molecule has 1 aliphatic carbocycles. The lowest BCUT2D eigenvalue weighted by molar-refractivity contribution is -0.125. The average Bonchev–Trinajstić information content (AvgIpc) is 3.47. The van der Waals surface area contributed by atoms with Gasteiger partial charge in [0.25, 0.3) is 6.47 Å². The van der Waals surface area contributed by atoms with Crippen molar-refractivity contribution in [2.24, 2.45) is 5.92 Å². The van der Waals surface area contributed by atoms with Gasteiger partial charge in [0.2, 0.25) is 17.6 Å². The maximum atomic E-state index is 13.1. The second kappa shape index (κ2) is 11.3. The maximum absolute atomic E-state index is 13.1. The van der Waals surface area contributed by atoms with Crippen molar-refractivity contribution in [1.82, 2.24) is 20.1 Å². The summed E-state index contributed by atoms with van der Waals surface area (Å²) in [7, 11) is 0. The molecule has 0 aliphatic heterocycles. The molecule has 3 heterocycles. The number of carbonyl (C=O) groups is 3. The fourth-order valence-electron chi connectivity index (χ4n) is 4.27. The van der Waals surface area contributed by atoms with Crippen LogP contribution < -0.4 is 10.2 Å². The molecule has 4 aromatic rings. The minimum absolute atomic E-state index is 0.0307. The molecule has 5 rings (SSSR count). The van der Waals surface area contributed by atoms with Crippen molar-refractivity contribution in [3.8, 4) is 11.4 Å². The summed E-state index contributed by atoms with van der Waals surface area (Å²) < 4.78 is 5.11. The molecule has 1 saturated carbocycles. The fraction of sp³-hybridized carbons (Fsp3) is 0.320. The highest BCUT2D eigenvalue weighted by Crippen LogP contribution is 2.36. The number of carboxylic acid groups (broad SMARTS) is 2. The van der Waals surface area contributed by atoms with Crippen molar-refractivity contribution in [3.05, 3.63) is 46.9 Å². The lowest BCUT2D eigenvalue weighted by Crippen LogP contribution is -2.46. The van der Waals surface area contributed by atoms with E-state index in [4.69, 9.17) is 14.4 Å². The molecule has 3 N–H and O–H groups in total. The molecule has 3 aromatic heterocycles. The van der Waals surface area contributed by atoms with Gasteiger partial charge >= 0.3 is 5.97 Å². The molecule has 0 bridgehead atoms. The number of pyridine rings is 1. The lowest BCUT2D eigenvalue weighted by Gasteiger charge is -2.37. The second-order valence-corrected chi connectivity index (χ2v) is 9.62. The SMILES string of the molecule is CCN(C(=O)C1CC(Nc2nccc3ccc(-c4noc(C)n4)cc23)C1)c1nc(C)c(C(=O)O)s1.O=CO. The summed E-state index contributed by atoms with van der Waals surface area (Å²) in [5.41, 5.74) is 1.26. The predicted octanol–water partition coefficient (Wildman–Crippen LogP) is 4.00. The molecule has 12 nitrogen and oxygen atoms in total. The van der Waals surface area contributed by atoms with Crippen molar-refractivity contribution in [2.45, 2.75) is 39.7 Å². The summed E-state index contributed by atoms with van der Waals surface area (Å²) in [6.45, 7) is 5.45. The van der Waals surface area contributed by atoms with Gasteiger partial charge in [-0.2, -0.15) is 4.98 Å². The molecule has 1 aromatic carbocycles. The van der Waals surface area contributed by atoms with Crippen molar-refractivity contribution in [1.29, 1.82) is 0 Å². The molecule has 0 unspecified atom stereocenters. The summed E-state index contributed by atoms with van der Waals surface area (Å²) in [6, 6.07) is 7.98. The Balaban J connectivity index is 0.00000107. The monoisotopic (exact) mass is 538 g/mol. The van der Waals surface area contributed by atoms with E-state index in [1.807, 2.05) is 31.2 Å². The Bertz CT molecular complexity index is 1480. The second-order valence-electron chi connectivity index (χ2n) is 8.65. The number of fused-ring (bicyclic) bond motifs is 1. The number of nitrogens with zero attached hydrogens (tertiary/aromatic N) is 5. The summed E-state index contributed by atoms with van der Waals surface area (Å²) >= 11 is 1.04. The van der Waals surface area contributed by atoms with Crippen LogP contribution in [0.3, 0.4) is 0 Å². The zero-order valence-corrected chi connectivity index (χ0v) is 21.7. The third-order valence-corrected chi connectivity index (χ3v) is 7.34. The third-order valence-electron chi connectivity index (χ3n) is 6.17. The van der Waals surface area contributed by atoms with E-state index in [1.54, 1.807) is 24.9 Å². The van der Waals surface area contributed by atoms with Gasteiger partial charge in [0.05, 0.1) is 5.69 Å². The van der Waals surface area contributed by atoms with Gasteiger partial charge in [-0.15, -0.1) is 0 Å². The predicted molar refractivity (Wildman–Crippen MR) is 140 cm³/mol. The van der Waals surface area contributed by atoms with E-state index < -0.39 is 5.97 Å². The normalized spacial score (nSPS) is 16.2. The Labute approximate surface area is 221 Å². The van der Waals surface area contributed by atoms with Crippen LogP contribution in [0.15, 0.2) is 35.0 Å². The number of aromatic nitrogens is 4. The molecular formula is C25H26N6O6S. The molecule has 0 radical (unpaired) electrons. The van der Waals surface area contributed by atoms with E-state index in [9.17, 15) is 14.7 Å². The van der Waals surface area contributed by atoms with E-state index in [-0.39, 0.29) is 29.2 Å². The number of hydrogen-bond acceptors (Lipinski definition) is 10. The van der Waals surface area contributed by atoms with Gasteiger partial charge in [-0.05, 0) is 44.2 Å². The van der Waals surface area contributed by atoms with Crippen molar-refractivity contribution < 1.29 is 29.1 Å². The highest BCUT2D eigenvalue weighted by atomic mass is 32.1. The van der Waals surface area contributed by atoms with Gasteiger partial charge in [0.1, 0.15) is 10.7 Å². The molecule has 0 saturated heterocycles. The topological polar surface area (TPSA) is 172 Å². The highest BCUT2D eigenvalue weighted by Gasteiger charge is 2.38. The van der Waals surface area contributed by atoms with Gasteiger partial charge in [-0.3, -0.25) is 14.5 Å². The number of hydrogen-bond donors (Lipinski definition) is 3. The van der Waals surface area contributed by atoms with Crippen molar-refractivity contribution >= 4 is 51.4 Å². The Kier molecular flexibility index (Phi) is 7.96. The molecule has 0 spiro atoms. The Morgan fingerprint density at radius 2 is 1.97 bits per heavy atom. The number of aryl methyl sites for hydroxylation is 2. The van der Waals surface area contributed by atoms with E-state index >= 15 is 0 Å². The first-order valence-corrected chi connectivity index (χ1v) is 12.6. The van der Waals surface area contributed by atoms with Crippen LogP contribution in [0, 0.1) is 19.8 Å². The quantitative estimate of drug-likeness (QED) is 0.290. The molecular weight excluding hydrogens is 512 g/mol. The molecule has 0 atom stereocenters. The Hall–Kier alpha value is -4.39. The zero-order valence-electron chi connectivity index (χ0n) is 20.9. The molecule has 13 heteroatoms. The number of amides is 1. The standard InChI is InChI=1S/C24H24N6O4S.CH2O2/c1-4-30(24-26-12(2)19(35-24)23(32)33)22(31)16-9-17(10-16)28-21-18-11-15(20-27-13(3)34-29-20)6-5-14(18)7-8-25-21;2-1-3/h5-8,11,16-17H,4,9-10H2,1-3H3,(H,25,28)(H,32,33);1H,(H,2,3). The highest BCUT2D eigenvalue weighted by molar-refractivity contribution is 7.17. The van der Waals surface area contributed by atoms with E-state index in [2.05, 4.69) is 25.4 Å². The average molecular weight is 539 g/mol. The number of carbonyl (C=O) groups excluding carboxylic acids is 1. The Morgan fingerprint density at radius 1 is 1.24 bits per heavy atom. The fourth-order valence-corrected chi connectivity index (χ4v) is 5.25. The smallest absolute Gasteiger partial charge is 0.347 e. The number of nitrogens with one attached hydrogen (secondary N) is 1. The van der Waals surface area contributed by atoms with Crippen molar-refractivity contribution in [3.63, 3.8) is 0 Å². The summed E-state index contributed by atoms with van der Waals surface area (Å²) in [4.78, 5) is 47.8. The summed E-state index contributed by atoms with van der Waals surface area (Å²) in [6.07, 6.45) is 3.08. The number of carboxylic acids is 1. The molecule has 1 aliphatic rings.